The number of Topliss-reactive ketones (excluding diaryl/α,β-unsaturated/α-hetero) is 1. The SMILES string of the molecule is C=C(Cc1cc(C)ccc1C)c1cccc(C)c1.COc1cc(C(C)=O)cc(OC)c1OC. The second-order valence-corrected chi connectivity index (χ2v) is 8.05. The quantitative estimate of drug-likeness (QED) is 0.375. The molecule has 0 spiro atoms. The van der Waals surface area contributed by atoms with Gasteiger partial charge in [0, 0.05) is 5.56 Å². The molecule has 0 amide bonds. The molecule has 174 valence electrons. The summed E-state index contributed by atoms with van der Waals surface area (Å²) in [5.74, 6) is 1.42. The Bertz CT molecular complexity index is 1100. The van der Waals surface area contributed by atoms with Crippen molar-refractivity contribution >= 4 is 11.4 Å². The Labute approximate surface area is 197 Å². The van der Waals surface area contributed by atoms with Crippen LogP contribution in [0.5, 0.6) is 17.2 Å². The molecule has 3 rings (SSSR count). The molecule has 0 unspecified atom stereocenters. The Kier molecular flexibility index (Phi) is 9.29. The van der Waals surface area contributed by atoms with Crippen LogP contribution < -0.4 is 14.2 Å². The van der Waals surface area contributed by atoms with Crippen LogP contribution >= 0.6 is 0 Å². The first kappa shape index (κ1) is 25.7. The number of carbonyl (C=O) groups excluding carboxylic acids is 1. The first-order chi connectivity index (χ1) is 15.7. The predicted octanol–water partition coefficient (Wildman–Crippen LogP) is 6.78. The van der Waals surface area contributed by atoms with Gasteiger partial charge in [-0.1, -0.05) is 60.2 Å². The third-order valence-electron chi connectivity index (χ3n) is 5.41. The maximum Gasteiger partial charge on any atom is 0.203 e. The van der Waals surface area contributed by atoms with E-state index < -0.39 is 0 Å². The van der Waals surface area contributed by atoms with Crippen molar-refractivity contribution in [3.63, 3.8) is 0 Å². The standard InChI is InChI=1S/C18H20.C11H14O4/c1-13-6-5-7-17(10-13)16(4)12-18-11-14(2)8-9-15(18)3;1-7(12)8-5-9(13-2)11(15-4)10(6-8)14-3/h5-11H,4,12H2,1-3H3;5-6H,1-4H3. The van der Waals surface area contributed by atoms with Crippen LogP contribution in [0, 0.1) is 20.8 Å². The smallest absolute Gasteiger partial charge is 0.203 e. The first-order valence-electron chi connectivity index (χ1n) is 10.8. The van der Waals surface area contributed by atoms with Crippen LogP contribution in [0.1, 0.15) is 45.1 Å². The minimum atomic E-state index is -0.0470. The molecular weight excluding hydrogens is 412 g/mol. The molecule has 0 saturated heterocycles. The molecule has 0 aliphatic rings. The van der Waals surface area contributed by atoms with Crippen LogP contribution in [0.3, 0.4) is 0 Å². The minimum Gasteiger partial charge on any atom is -0.493 e. The number of rotatable bonds is 7. The van der Waals surface area contributed by atoms with E-state index in [0.717, 1.165) is 6.42 Å². The van der Waals surface area contributed by atoms with Gasteiger partial charge in [-0.3, -0.25) is 4.79 Å². The molecule has 0 atom stereocenters. The van der Waals surface area contributed by atoms with Crippen molar-refractivity contribution in [3.05, 3.63) is 94.6 Å². The number of benzene rings is 3. The second kappa shape index (κ2) is 11.9. The molecule has 4 nitrogen and oxygen atoms in total. The Morgan fingerprint density at radius 3 is 1.91 bits per heavy atom. The number of aryl methyl sites for hydroxylation is 3. The van der Waals surface area contributed by atoms with Crippen LogP contribution in [0.15, 0.2) is 61.2 Å². The summed E-state index contributed by atoms with van der Waals surface area (Å²) in [5.41, 5.74) is 8.28. The Balaban J connectivity index is 0.000000238. The van der Waals surface area contributed by atoms with E-state index in [1.54, 1.807) is 12.1 Å². The van der Waals surface area contributed by atoms with E-state index in [4.69, 9.17) is 14.2 Å². The average molecular weight is 447 g/mol. The summed E-state index contributed by atoms with van der Waals surface area (Å²) in [6.07, 6.45) is 0.928. The van der Waals surface area contributed by atoms with Crippen molar-refractivity contribution < 1.29 is 19.0 Å². The summed E-state index contributed by atoms with van der Waals surface area (Å²) in [6, 6.07) is 18.4. The van der Waals surface area contributed by atoms with Gasteiger partial charge in [0.25, 0.3) is 0 Å². The molecule has 0 N–H and O–H groups in total. The molecule has 0 aliphatic carbocycles. The summed E-state index contributed by atoms with van der Waals surface area (Å²) < 4.78 is 15.4. The second-order valence-electron chi connectivity index (χ2n) is 8.05. The van der Waals surface area contributed by atoms with Crippen LogP contribution in [-0.2, 0) is 6.42 Å². The van der Waals surface area contributed by atoms with E-state index in [9.17, 15) is 4.79 Å². The highest BCUT2D eigenvalue weighted by Crippen LogP contribution is 2.38. The van der Waals surface area contributed by atoms with Crippen molar-refractivity contribution in [1.29, 1.82) is 0 Å². The van der Waals surface area contributed by atoms with E-state index >= 15 is 0 Å². The lowest BCUT2D eigenvalue weighted by molar-refractivity contribution is 0.101. The van der Waals surface area contributed by atoms with Gasteiger partial charge in [-0.05, 0) is 68.5 Å². The van der Waals surface area contributed by atoms with Gasteiger partial charge in [-0.15, -0.1) is 0 Å². The Hall–Kier alpha value is -3.53. The number of allylic oxidation sites excluding steroid dienone is 1. The fourth-order valence-electron chi connectivity index (χ4n) is 3.47. The van der Waals surface area contributed by atoms with Gasteiger partial charge in [0.05, 0.1) is 21.3 Å². The number of ether oxygens (including phenoxy) is 3. The van der Waals surface area contributed by atoms with E-state index in [0.29, 0.717) is 22.8 Å². The van der Waals surface area contributed by atoms with Crippen LogP contribution in [0.2, 0.25) is 0 Å². The molecule has 4 heteroatoms. The maximum absolute atomic E-state index is 11.2. The summed E-state index contributed by atoms with van der Waals surface area (Å²) in [7, 11) is 4.55. The van der Waals surface area contributed by atoms with Gasteiger partial charge in [0.1, 0.15) is 0 Å². The zero-order valence-corrected chi connectivity index (χ0v) is 20.7. The van der Waals surface area contributed by atoms with Gasteiger partial charge in [-0.25, -0.2) is 0 Å². The Morgan fingerprint density at radius 2 is 1.39 bits per heavy atom. The zero-order valence-electron chi connectivity index (χ0n) is 20.7. The van der Waals surface area contributed by atoms with Crippen molar-refractivity contribution in [1.82, 2.24) is 0 Å². The summed E-state index contributed by atoms with van der Waals surface area (Å²) >= 11 is 0. The lowest BCUT2D eigenvalue weighted by Gasteiger charge is -2.12. The number of carbonyl (C=O) groups is 1. The molecule has 0 radical (unpaired) electrons. The lowest BCUT2D eigenvalue weighted by Crippen LogP contribution is -1.99. The fourth-order valence-corrected chi connectivity index (χ4v) is 3.47. The van der Waals surface area contributed by atoms with Gasteiger partial charge < -0.3 is 14.2 Å². The molecular formula is C29H34O4. The number of hydrogen-bond acceptors (Lipinski definition) is 4. The summed E-state index contributed by atoms with van der Waals surface area (Å²) in [4.78, 5) is 11.2. The molecule has 33 heavy (non-hydrogen) atoms. The highest BCUT2D eigenvalue weighted by atomic mass is 16.5. The van der Waals surface area contributed by atoms with Gasteiger partial charge in [0.2, 0.25) is 5.75 Å². The zero-order chi connectivity index (χ0) is 24.5. The van der Waals surface area contributed by atoms with E-state index in [1.807, 2.05) is 0 Å². The van der Waals surface area contributed by atoms with E-state index in [1.165, 1.54) is 61.6 Å². The summed E-state index contributed by atoms with van der Waals surface area (Å²) in [6.45, 7) is 12.1. The molecule has 0 aromatic heterocycles. The van der Waals surface area contributed by atoms with Crippen LogP contribution in [0.25, 0.3) is 5.57 Å². The molecule has 3 aromatic rings. The van der Waals surface area contributed by atoms with Gasteiger partial charge >= 0.3 is 0 Å². The molecule has 0 aliphatic heterocycles. The number of ketones is 1. The van der Waals surface area contributed by atoms with Crippen molar-refractivity contribution in [2.24, 2.45) is 0 Å². The maximum atomic E-state index is 11.2. The van der Waals surface area contributed by atoms with Crippen LogP contribution in [-0.4, -0.2) is 27.1 Å². The fraction of sp³-hybridized carbons (Fsp3) is 0.276. The topological polar surface area (TPSA) is 44.8 Å². The van der Waals surface area contributed by atoms with Crippen molar-refractivity contribution in [2.45, 2.75) is 34.1 Å². The third kappa shape index (κ3) is 6.98. The van der Waals surface area contributed by atoms with Crippen LogP contribution in [0.4, 0.5) is 0 Å². The number of methoxy groups -OCH3 is 3. The number of hydrogen-bond donors (Lipinski definition) is 0. The van der Waals surface area contributed by atoms with E-state index in [-0.39, 0.29) is 5.78 Å². The predicted molar refractivity (Wildman–Crippen MR) is 136 cm³/mol. The van der Waals surface area contributed by atoms with Gasteiger partial charge in [-0.2, -0.15) is 0 Å². The lowest BCUT2D eigenvalue weighted by atomic mass is 9.95. The minimum absolute atomic E-state index is 0.0470. The summed E-state index contributed by atoms with van der Waals surface area (Å²) in [5, 5.41) is 0. The molecule has 0 heterocycles. The highest BCUT2D eigenvalue weighted by Gasteiger charge is 2.14. The Morgan fingerprint density at radius 1 is 0.788 bits per heavy atom. The van der Waals surface area contributed by atoms with Crippen molar-refractivity contribution in [3.8, 4) is 17.2 Å². The third-order valence-corrected chi connectivity index (χ3v) is 5.41. The van der Waals surface area contributed by atoms with Gasteiger partial charge in [0.15, 0.2) is 17.3 Å². The molecule has 0 saturated carbocycles. The van der Waals surface area contributed by atoms with Crippen molar-refractivity contribution in [2.75, 3.05) is 21.3 Å². The molecule has 0 bridgehead atoms. The monoisotopic (exact) mass is 446 g/mol. The highest BCUT2D eigenvalue weighted by molar-refractivity contribution is 5.95. The average Bonchev–Trinajstić information content (AvgIpc) is 2.80. The first-order valence-corrected chi connectivity index (χ1v) is 10.8. The normalized spacial score (nSPS) is 10.0. The van der Waals surface area contributed by atoms with E-state index in [2.05, 4.69) is 69.8 Å². The largest absolute Gasteiger partial charge is 0.493 e. The molecule has 3 aromatic carbocycles. The molecule has 0 fully saturated rings.